The highest BCUT2D eigenvalue weighted by Gasteiger charge is 2.26. The summed E-state index contributed by atoms with van der Waals surface area (Å²) < 4.78 is 12.7. The fourth-order valence-electron chi connectivity index (χ4n) is 3.88. The maximum absolute atomic E-state index is 12.7. The number of carbonyl (C=O) groups excluding carboxylic acids is 1. The lowest BCUT2D eigenvalue weighted by Gasteiger charge is -2.24. The van der Waals surface area contributed by atoms with Crippen molar-refractivity contribution in [3.05, 3.63) is 77.1 Å². The van der Waals surface area contributed by atoms with E-state index in [-0.39, 0.29) is 11.9 Å². The predicted octanol–water partition coefficient (Wildman–Crippen LogP) is 3.76. The maximum atomic E-state index is 12.7. The Morgan fingerprint density at radius 2 is 1.93 bits per heavy atom. The molecule has 6 heteroatoms. The number of nitrogens with zero attached hydrogens (tertiary/aromatic N) is 2. The molecule has 0 aliphatic heterocycles. The van der Waals surface area contributed by atoms with Crippen LogP contribution in [0.3, 0.4) is 0 Å². The van der Waals surface area contributed by atoms with Gasteiger partial charge in [-0.3, -0.25) is 9.48 Å². The van der Waals surface area contributed by atoms with Crippen molar-refractivity contribution in [2.45, 2.75) is 31.8 Å². The van der Waals surface area contributed by atoms with E-state index in [4.69, 9.17) is 9.47 Å². The van der Waals surface area contributed by atoms with Crippen LogP contribution in [0, 0.1) is 0 Å². The van der Waals surface area contributed by atoms with Crippen LogP contribution in [0.5, 0.6) is 11.5 Å². The normalized spacial score (nSPS) is 15.4. The van der Waals surface area contributed by atoms with Crippen LogP contribution in [0.15, 0.2) is 54.7 Å². The van der Waals surface area contributed by atoms with E-state index < -0.39 is 0 Å². The molecule has 1 atom stereocenters. The highest BCUT2D eigenvalue weighted by molar-refractivity contribution is 5.94. The molecule has 6 nitrogen and oxygen atoms in total. The summed E-state index contributed by atoms with van der Waals surface area (Å²) in [5.74, 6) is 1.51. The number of benzene rings is 2. The summed E-state index contributed by atoms with van der Waals surface area (Å²) in [6.45, 7) is 0.651. The number of hydrogen-bond donors (Lipinski definition) is 1. The van der Waals surface area contributed by atoms with Gasteiger partial charge in [-0.1, -0.05) is 18.2 Å². The van der Waals surface area contributed by atoms with Gasteiger partial charge in [-0.25, -0.2) is 0 Å². The van der Waals surface area contributed by atoms with Gasteiger partial charge in [0.05, 0.1) is 33.0 Å². The van der Waals surface area contributed by atoms with Crippen LogP contribution in [0.1, 0.15) is 46.1 Å². The van der Waals surface area contributed by atoms with Gasteiger partial charge in [-0.2, -0.15) is 5.10 Å². The number of aromatic nitrogens is 2. The molecule has 0 saturated heterocycles. The number of nitrogens with one attached hydrogen (secondary N) is 1. The summed E-state index contributed by atoms with van der Waals surface area (Å²) >= 11 is 0. The molecular weight excluding hydrogens is 366 g/mol. The molecule has 0 fully saturated rings. The third-order valence-electron chi connectivity index (χ3n) is 5.43. The molecule has 2 aromatic carbocycles. The van der Waals surface area contributed by atoms with Crippen molar-refractivity contribution in [1.29, 1.82) is 0 Å². The number of hydrogen-bond acceptors (Lipinski definition) is 4. The van der Waals surface area contributed by atoms with E-state index in [1.54, 1.807) is 38.5 Å². The quantitative estimate of drug-likeness (QED) is 0.695. The average Bonchev–Trinajstić information content (AvgIpc) is 3.18. The summed E-state index contributed by atoms with van der Waals surface area (Å²) in [5.41, 5.74) is 4.00. The lowest BCUT2D eigenvalue weighted by atomic mass is 9.92. The van der Waals surface area contributed by atoms with Crippen molar-refractivity contribution in [3.63, 3.8) is 0 Å². The molecule has 1 heterocycles. The third-order valence-corrected chi connectivity index (χ3v) is 5.43. The minimum Gasteiger partial charge on any atom is -0.497 e. The third kappa shape index (κ3) is 3.97. The van der Waals surface area contributed by atoms with Gasteiger partial charge in [0.2, 0.25) is 0 Å². The van der Waals surface area contributed by atoms with Gasteiger partial charge in [0.25, 0.3) is 5.91 Å². The van der Waals surface area contributed by atoms with Gasteiger partial charge < -0.3 is 14.8 Å². The van der Waals surface area contributed by atoms with Gasteiger partial charge in [-0.15, -0.1) is 0 Å². The fourth-order valence-corrected chi connectivity index (χ4v) is 3.88. The molecule has 0 bridgehead atoms. The highest BCUT2D eigenvalue weighted by Crippen LogP contribution is 2.31. The average molecular weight is 391 g/mol. The first-order valence-corrected chi connectivity index (χ1v) is 9.81. The molecule has 150 valence electrons. The largest absolute Gasteiger partial charge is 0.497 e. The van der Waals surface area contributed by atoms with E-state index in [0.29, 0.717) is 12.1 Å². The van der Waals surface area contributed by atoms with Gasteiger partial charge in [0.1, 0.15) is 11.5 Å². The van der Waals surface area contributed by atoms with E-state index in [0.717, 1.165) is 41.9 Å². The SMILES string of the molecule is COc1ccc(C(=O)N[C@H]2CCCc3c2cnn3Cc2ccccc2OC)cc1. The number of para-hydroxylation sites is 1. The lowest BCUT2D eigenvalue weighted by molar-refractivity contribution is 0.0932. The van der Waals surface area contributed by atoms with E-state index in [2.05, 4.69) is 16.5 Å². The summed E-state index contributed by atoms with van der Waals surface area (Å²) in [7, 11) is 3.30. The number of rotatable bonds is 6. The van der Waals surface area contributed by atoms with Gasteiger partial charge in [0.15, 0.2) is 0 Å². The first-order valence-electron chi connectivity index (χ1n) is 9.81. The minimum absolute atomic E-state index is 0.0280. The Labute approximate surface area is 170 Å². The molecular formula is C23H25N3O3. The van der Waals surface area contributed by atoms with E-state index >= 15 is 0 Å². The standard InChI is InChI=1S/C23H25N3O3/c1-28-18-12-10-16(11-13-18)23(27)25-20-7-5-8-21-19(20)14-24-26(21)15-17-6-3-4-9-22(17)29-2/h3-4,6,9-14,20H,5,7-8,15H2,1-2H3,(H,25,27)/t20-/m0/s1. The van der Waals surface area contributed by atoms with Crippen LogP contribution in [0.4, 0.5) is 0 Å². The molecule has 1 aliphatic carbocycles. The molecule has 29 heavy (non-hydrogen) atoms. The fraction of sp³-hybridized carbons (Fsp3) is 0.304. The molecule has 0 radical (unpaired) electrons. The Morgan fingerprint density at radius 1 is 1.14 bits per heavy atom. The van der Waals surface area contributed by atoms with Crippen LogP contribution in [0.25, 0.3) is 0 Å². The zero-order valence-corrected chi connectivity index (χ0v) is 16.7. The summed E-state index contributed by atoms with van der Waals surface area (Å²) in [5, 5.41) is 7.79. The molecule has 1 aliphatic rings. The first-order chi connectivity index (χ1) is 14.2. The van der Waals surface area contributed by atoms with Gasteiger partial charge in [0, 0.05) is 22.4 Å². The second-order valence-electron chi connectivity index (χ2n) is 7.16. The van der Waals surface area contributed by atoms with Crippen LogP contribution in [-0.4, -0.2) is 29.9 Å². The zero-order chi connectivity index (χ0) is 20.2. The molecule has 1 amide bonds. The number of ether oxygens (including phenoxy) is 2. The highest BCUT2D eigenvalue weighted by atomic mass is 16.5. The molecule has 1 N–H and O–H groups in total. The van der Waals surface area contributed by atoms with E-state index in [1.807, 2.05) is 29.1 Å². The zero-order valence-electron chi connectivity index (χ0n) is 16.7. The second kappa shape index (κ2) is 8.39. The monoisotopic (exact) mass is 391 g/mol. The lowest BCUT2D eigenvalue weighted by Crippen LogP contribution is -2.31. The Kier molecular flexibility index (Phi) is 5.51. The summed E-state index contributed by atoms with van der Waals surface area (Å²) in [6.07, 6.45) is 4.77. The molecule has 3 aromatic rings. The van der Waals surface area contributed by atoms with Gasteiger partial charge in [-0.05, 0) is 49.6 Å². The molecule has 0 spiro atoms. The Morgan fingerprint density at radius 3 is 2.69 bits per heavy atom. The van der Waals surface area contributed by atoms with Gasteiger partial charge >= 0.3 is 0 Å². The molecule has 4 rings (SSSR count). The van der Waals surface area contributed by atoms with Crippen LogP contribution in [0.2, 0.25) is 0 Å². The number of methoxy groups -OCH3 is 2. The molecule has 0 unspecified atom stereocenters. The predicted molar refractivity (Wildman–Crippen MR) is 110 cm³/mol. The van der Waals surface area contributed by atoms with Crippen molar-refractivity contribution in [3.8, 4) is 11.5 Å². The van der Waals surface area contributed by atoms with Crippen molar-refractivity contribution >= 4 is 5.91 Å². The van der Waals surface area contributed by atoms with Crippen LogP contribution < -0.4 is 14.8 Å². The van der Waals surface area contributed by atoms with Crippen molar-refractivity contribution < 1.29 is 14.3 Å². The number of carbonyl (C=O) groups is 1. The Bertz CT molecular complexity index is 995. The summed E-state index contributed by atoms with van der Waals surface area (Å²) in [6, 6.07) is 15.1. The Hall–Kier alpha value is -3.28. The minimum atomic E-state index is -0.0806. The van der Waals surface area contributed by atoms with Crippen molar-refractivity contribution in [2.24, 2.45) is 0 Å². The molecule has 0 saturated carbocycles. The van der Waals surface area contributed by atoms with Crippen molar-refractivity contribution in [1.82, 2.24) is 15.1 Å². The number of amides is 1. The van der Waals surface area contributed by atoms with Crippen LogP contribution in [-0.2, 0) is 13.0 Å². The van der Waals surface area contributed by atoms with Crippen molar-refractivity contribution in [2.75, 3.05) is 14.2 Å². The Balaban J connectivity index is 1.52. The molecule has 1 aromatic heterocycles. The smallest absolute Gasteiger partial charge is 0.251 e. The second-order valence-corrected chi connectivity index (χ2v) is 7.16. The van der Waals surface area contributed by atoms with E-state index in [9.17, 15) is 4.79 Å². The van der Waals surface area contributed by atoms with E-state index in [1.165, 1.54) is 5.69 Å². The topological polar surface area (TPSA) is 65.4 Å². The first kappa shape index (κ1) is 19.1. The number of fused-ring (bicyclic) bond motifs is 1. The summed E-state index contributed by atoms with van der Waals surface area (Å²) in [4.78, 5) is 12.7. The van der Waals surface area contributed by atoms with Crippen LogP contribution >= 0.6 is 0 Å². The maximum Gasteiger partial charge on any atom is 0.251 e.